The first kappa shape index (κ1) is 15.2. The van der Waals surface area contributed by atoms with Crippen LogP contribution in [0.3, 0.4) is 0 Å². The van der Waals surface area contributed by atoms with Gasteiger partial charge < -0.3 is 4.42 Å². The molecule has 0 radical (unpaired) electrons. The molecule has 4 aromatic carbocycles. The first-order valence-corrected chi connectivity index (χ1v) is 9.32. The van der Waals surface area contributed by atoms with Crippen molar-refractivity contribution in [1.82, 2.24) is 9.55 Å². The third kappa shape index (κ3) is 2.20. The Kier molecular flexibility index (Phi) is 3.17. The number of aromatic nitrogens is 2. The fraction of sp³-hybridized carbons (Fsp3) is 0. The maximum Gasteiger partial charge on any atom is 0.149 e. The number of fused-ring (bicyclic) bond motifs is 3. The van der Waals surface area contributed by atoms with Crippen molar-refractivity contribution in [2.24, 2.45) is 0 Å². The molecule has 0 saturated carbocycles. The van der Waals surface area contributed by atoms with E-state index in [1.165, 1.54) is 10.8 Å². The molecule has 0 spiro atoms. The van der Waals surface area contributed by atoms with Gasteiger partial charge in [0, 0.05) is 11.1 Å². The quantitative estimate of drug-likeness (QED) is 0.349. The van der Waals surface area contributed by atoms with E-state index in [0.29, 0.717) is 0 Å². The fourth-order valence-electron chi connectivity index (χ4n) is 3.93. The molecular weight excluding hydrogens is 344 g/mol. The summed E-state index contributed by atoms with van der Waals surface area (Å²) in [5.74, 6) is 0.890. The molecule has 0 atom stereocenters. The van der Waals surface area contributed by atoms with Crippen LogP contribution in [-0.4, -0.2) is 9.55 Å². The van der Waals surface area contributed by atoms with Crippen molar-refractivity contribution in [3.8, 4) is 17.1 Å². The summed E-state index contributed by atoms with van der Waals surface area (Å²) in [5, 5.41) is 3.51. The number of benzene rings is 4. The Balaban J connectivity index is 1.70. The Hall–Kier alpha value is -3.85. The number of para-hydroxylation sites is 3. The summed E-state index contributed by atoms with van der Waals surface area (Å²) in [4.78, 5) is 4.96. The van der Waals surface area contributed by atoms with Crippen molar-refractivity contribution in [1.29, 1.82) is 0 Å². The van der Waals surface area contributed by atoms with Gasteiger partial charge in [0.1, 0.15) is 17.7 Å². The summed E-state index contributed by atoms with van der Waals surface area (Å²) >= 11 is 0. The molecule has 0 aliphatic heterocycles. The summed E-state index contributed by atoms with van der Waals surface area (Å²) in [6.45, 7) is 0. The van der Waals surface area contributed by atoms with E-state index >= 15 is 0 Å². The van der Waals surface area contributed by atoms with Gasteiger partial charge in [-0.3, -0.25) is 4.57 Å². The average molecular weight is 360 g/mol. The van der Waals surface area contributed by atoms with Crippen LogP contribution in [0.5, 0.6) is 0 Å². The van der Waals surface area contributed by atoms with Crippen LogP contribution in [0.2, 0.25) is 0 Å². The lowest BCUT2D eigenvalue weighted by Gasteiger charge is -2.10. The first-order chi connectivity index (χ1) is 13.9. The largest absolute Gasteiger partial charge is 0.464 e. The van der Waals surface area contributed by atoms with Crippen LogP contribution >= 0.6 is 0 Å². The normalized spacial score (nSPS) is 11.6. The van der Waals surface area contributed by atoms with Crippen LogP contribution in [-0.2, 0) is 0 Å². The molecule has 28 heavy (non-hydrogen) atoms. The molecule has 3 heteroatoms. The highest BCUT2D eigenvalue weighted by atomic mass is 16.3. The molecule has 132 valence electrons. The SMILES string of the molecule is c1ccc2cc(-n3c(-c4coc5ccccc45)nc4ccccc43)ccc2c1. The second-order valence-electron chi connectivity index (χ2n) is 6.94. The minimum Gasteiger partial charge on any atom is -0.464 e. The van der Waals surface area contributed by atoms with Gasteiger partial charge in [-0.2, -0.15) is 0 Å². The van der Waals surface area contributed by atoms with Crippen LogP contribution in [0.4, 0.5) is 0 Å². The Labute approximate surface area is 161 Å². The molecule has 0 aliphatic carbocycles. The molecule has 0 amide bonds. The summed E-state index contributed by atoms with van der Waals surface area (Å²) in [6.07, 6.45) is 1.81. The predicted octanol–water partition coefficient (Wildman–Crippen LogP) is 6.59. The summed E-state index contributed by atoms with van der Waals surface area (Å²) in [5.41, 5.74) is 5.01. The van der Waals surface area contributed by atoms with E-state index in [9.17, 15) is 0 Å². The van der Waals surface area contributed by atoms with Crippen LogP contribution in [0.25, 0.3) is 49.9 Å². The van der Waals surface area contributed by atoms with Crippen LogP contribution in [0.1, 0.15) is 0 Å². The number of furan rings is 1. The lowest BCUT2D eigenvalue weighted by atomic mass is 10.1. The van der Waals surface area contributed by atoms with E-state index < -0.39 is 0 Å². The van der Waals surface area contributed by atoms with Gasteiger partial charge in [0.2, 0.25) is 0 Å². The third-order valence-electron chi connectivity index (χ3n) is 5.27. The lowest BCUT2D eigenvalue weighted by Crippen LogP contribution is -1.97. The summed E-state index contributed by atoms with van der Waals surface area (Å²) in [6, 6.07) is 31.3. The van der Waals surface area contributed by atoms with Gasteiger partial charge >= 0.3 is 0 Å². The molecule has 6 rings (SSSR count). The Morgan fingerprint density at radius 3 is 2.46 bits per heavy atom. The number of hydrogen-bond donors (Lipinski definition) is 0. The highest BCUT2D eigenvalue weighted by Crippen LogP contribution is 2.34. The van der Waals surface area contributed by atoms with Crippen molar-refractivity contribution in [3.05, 3.63) is 97.3 Å². The molecule has 0 saturated heterocycles. The van der Waals surface area contributed by atoms with Gasteiger partial charge in [0.25, 0.3) is 0 Å². The van der Waals surface area contributed by atoms with E-state index in [1.54, 1.807) is 0 Å². The zero-order valence-corrected chi connectivity index (χ0v) is 15.0. The summed E-state index contributed by atoms with van der Waals surface area (Å²) < 4.78 is 8.03. The van der Waals surface area contributed by atoms with Gasteiger partial charge in [-0.1, -0.05) is 60.7 Å². The Morgan fingerprint density at radius 2 is 1.50 bits per heavy atom. The highest BCUT2D eigenvalue weighted by molar-refractivity contribution is 5.95. The Morgan fingerprint density at radius 1 is 0.714 bits per heavy atom. The van der Waals surface area contributed by atoms with E-state index in [0.717, 1.165) is 39.1 Å². The topological polar surface area (TPSA) is 31.0 Å². The first-order valence-electron chi connectivity index (χ1n) is 9.32. The number of rotatable bonds is 2. The highest BCUT2D eigenvalue weighted by Gasteiger charge is 2.18. The number of nitrogens with zero attached hydrogens (tertiary/aromatic N) is 2. The van der Waals surface area contributed by atoms with Gasteiger partial charge in [-0.15, -0.1) is 0 Å². The smallest absolute Gasteiger partial charge is 0.149 e. The van der Waals surface area contributed by atoms with Crippen LogP contribution < -0.4 is 0 Å². The van der Waals surface area contributed by atoms with Crippen molar-refractivity contribution in [2.45, 2.75) is 0 Å². The monoisotopic (exact) mass is 360 g/mol. The standard InChI is InChI=1S/C25H16N2O/c1-2-8-18-15-19(14-13-17(18)7-1)27-23-11-5-4-10-22(23)26-25(27)21-16-28-24-12-6-3-9-20(21)24/h1-16H. The van der Waals surface area contributed by atoms with Gasteiger partial charge in [0.15, 0.2) is 0 Å². The second kappa shape index (κ2) is 5.83. The molecule has 6 aromatic rings. The van der Waals surface area contributed by atoms with Crippen molar-refractivity contribution < 1.29 is 4.42 Å². The minimum atomic E-state index is 0.870. The van der Waals surface area contributed by atoms with Crippen molar-refractivity contribution in [3.63, 3.8) is 0 Å². The molecule has 0 unspecified atom stereocenters. The summed E-state index contributed by atoms with van der Waals surface area (Å²) in [7, 11) is 0. The van der Waals surface area contributed by atoms with Gasteiger partial charge in [0.05, 0.1) is 16.6 Å². The van der Waals surface area contributed by atoms with Crippen LogP contribution in [0.15, 0.2) is 102 Å². The van der Waals surface area contributed by atoms with Crippen LogP contribution in [0, 0.1) is 0 Å². The van der Waals surface area contributed by atoms with Crippen molar-refractivity contribution >= 4 is 32.8 Å². The minimum absolute atomic E-state index is 0.870. The predicted molar refractivity (Wildman–Crippen MR) is 114 cm³/mol. The van der Waals surface area contributed by atoms with E-state index in [4.69, 9.17) is 9.40 Å². The maximum absolute atomic E-state index is 5.81. The number of imidazole rings is 1. The second-order valence-corrected chi connectivity index (χ2v) is 6.94. The molecular formula is C25H16N2O. The number of hydrogen-bond acceptors (Lipinski definition) is 2. The fourth-order valence-corrected chi connectivity index (χ4v) is 3.93. The molecule has 0 fully saturated rings. The molecule has 2 aromatic heterocycles. The Bertz CT molecular complexity index is 1470. The lowest BCUT2D eigenvalue weighted by molar-refractivity contribution is 0.616. The maximum atomic E-state index is 5.81. The van der Waals surface area contributed by atoms with Gasteiger partial charge in [-0.05, 0) is 41.1 Å². The van der Waals surface area contributed by atoms with Crippen molar-refractivity contribution in [2.75, 3.05) is 0 Å². The molecule has 2 heterocycles. The average Bonchev–Trinajstić information content (AvgIpc) is 3.34. The van der Waals surface area contributed by atoms with E-state index in [1.807, 2.05) is 30.5 Å². The molecule has 0 bridgehead atoms. The van der Waals surface area contributed by atoms with Gasteiger partial charge in [-0.25, -0.2) is 4.98 Å². The van der Waals surface area contributed by atoms with E-state index in [2.05, 4.69) is 71.3 Å². The zero-order valence-electron chi connectivity index (χ0n) is 15.0. The molecule has 0 aliphatic rings. The molecule has 3 nitrogen and oxygen atoms in total. The van der Waals surface area contributed by atoms with E-state index in [-0.39, 0.29) is 0 Å². The third-order valence-corrected chi connectivity index (χ3v) is 5.27. The molecule has 0 N–H and O–H groups in total. The zero-order chi connectivity index (χ0) is 18.5.